The molecule has 5 heteroatoms. The number of ether oxygens (including phenoxy) is 2. The minimum absolute atomic E-state index is 0.419. The average molecular weight is 262 g/mol. The van der Waals surface area contributed by atoms with Crippen LogP contribution in [0.1, 0.15) is 17.0 Å². The van der Waals surface area contributed by atoms with Crippen molar-refractivity contribution < 1.29 is 14.0 Å². The Hall–Kier alpha value is -1.85. The molecule has 19 heavy (non-hydrogen) atoms. The molecule has 0 saturated carbocycles. The molecule has 1 N–H and O–H groups in total. The normalized spacial score (nSPS) is 10.6. The van der Waals surface area contributed by atoms with Gasteiger partial charge in [-0.25, -0.2) is 0 Å². The quantitative estimate of drug-likeness (QED) is 0.828. The maximum atomic E-state index is 5.58. The van der Waals surface area contributed by atoms with Gasteiger partial charge in [0.1, 0.15) is 12.4 Å². The lowest BCUT2D eigenvalue weighted by Crippen LogP contribution is -2.04. The summed E-state index contributed by atoms with van der Waals surface area (Å²) in [7, 11) is 3.52. The van der Waals surface area contributed by atoms with Gasteiger partial charge in [-0.1, -0.05) is 17.3 Å². The molecule has 1 heterocycles. The number of hydrogen-bond donors (Lipinski definition) is 1. The zero-order valence-corrected chi connectivity index (χ0v) is 11.2. The molecular weight excluding hydrogens is 244 g/mol. The number of nitrogens with zero attached hydrogens (tertiary/aromatic N) is 1. The van der Waals surface area contributed by atoms with Gasteiger partial charge in [0, 0.05) is 12.6 Å². The van der Waals surface area contributed by atoms with Gasteiger partial charge in [0.2, 0.25) is 0 Å². The minimum atomic E-state index is 0.419. The third-order valence-electron chi connectivity index (χ3n) is 2.64. The average Bonchev–Trinajstić information content (AvgIpc) is 2.88. The highest BCUT2D eigenvalue weighted by Crippen LogP contribution is 2.13. The number of hydrogen-bond acceptors (Lipinski definition) is 5. The molecule has 0 spiro atoms. The van der Waals surface area contributed by atoms with Crippen molar-refractivity contribution in [3.63, 3.8) is 0 Å². The summed E-state index contributed by atoms with van der Waals surface area (Å²) in [6, 6.07) is 9.68. The first-order valence-electron chi connectivity index (χ1n) is 6.11. The van der Waals surface area contributed by atoms with E-state index in [1.165, 1.54) is 0 Å². The second kappa shape index (κ2) is 6.92. The maximum absolute atomic E-state index is 5.58. The Bertz CT molecular complexity index is 494. The summed E-state index contributed by atoms with van der Waals surface area (Å²) in [5, 5.41) is 6.94. The van der Waals surface area contributed by atoms with Gasteiger partial charge >= 0.3 is 0 Å². The van der Waals surface area contributed by atoms with E-state index in [1.807, 2.05) is 37.4 Å². The summed E-state index contributed by atoms with van der Waals surface area (Å²) < 4.78 is 15.8. The van der Waals surface area contributed by atoms with Gasteiger partial charge in [0.15, 0.2) is 5.76 Å². The molecule has 0 radical (unpaired) electrons. The summed E-state index contributed by atoms with van der Waals surface area (Å²) in [6.45, 7) is 1.65. The summed E-state index contributed by atoms with van der Waals surface area (Å²) in [4.78, 5) is 0. The largest absolute Gasteiger partial charge is 0.497 e. The van der Waals surface area contributed by atoms with E-state index in [4.69, 9.17) is 14.0 Å². The minimum Gasteiger partial charge on any atom is -0.497 e. The highest BCUT2D eigenvalue weighted by molar-refractivity contribution is 5.26. The van der Waals surface area contributed by atoms with E-state index in [-0.39, 0.29) is 0 Å². The standard InChI is InChI=1S/C14H18N2O3/c1-15-8-12-7-14(19-16-12)10-18-9-11-3-5-13(17-2)6-4-11/h3-7,15H,8-10H2,1-2H3. The monoisotopic (exact) mass is 262 g/mol. The first kappa shape index (κ1) is 13.6. The van der Waals surface area contributed by atoms with E-state index in [0.29, 0.717) is 19.8 Å². The van der Waals surface area contributed by atoms with Crippen molar-refractivity contribution in [3.8, 4) is 5.75 Å². The lowest BCUT2D eigenvalue weighted by atomic mass is 10.2. The van der Waals surface area contributed by atoms with Crippen LogP contribution in [0.4, 0.5) is 0 Å². The van der Waals surface area contributed by atoms with E-state index in [9.17, 15) is 0 Å². The lowest BCUT2D eigenvalue weighted by Gasteiger charge is -2.03. The predicted molar refractivity (Wildman–Crippen MR) is 70.8 cm³/mol. The van der Waals surface area contributed by atoms with Crippen LogP contribution in [0.15, 0.2) is 34.9 Å². The maximum Gasteiger partial charge on any atom is 0.162 e. The van der Waals surface area contributed by atoms with Crippen molar-refractivity contribution in [1.82, 2.24) is 10.5 Å². The SMILES string of the molecule is CNCc1cc(COCc2ccc(OC)cc2)on1. The third kappa shape index (κ3) is 4.08. The Kier molecular flexibility index (Phi) is 4.94. The number of methoxy groups -OCH3 is 1. The molecule has 2 aromatic rings. The zero-order valence-electron chi connectivity index (χ0n) is 11.2. The molecule has 0 aliphatic carbocycles. The van der Waals surface area contributed by atoms with Gasteiger partial charge in [-0.2, -0.15) is 0 Å². The highest BCUT2D eigenvalue weighted by atomic mass is 16.5. The van der Waals surface area contributed by atoms with E-state index in [0.717, 1.165) is 22.8 Å². The fraction of sp³-hybridized carbons (Fsp3) is 0.357. The summed E-state index contributed by atoms with van der Waals surface area (Å²) in [5.41, 5.74) is 1.97. The molecular formula is C14H18N2O3. The van der Waals surface area contributed by atoms with Crippen LogP contribution < -0.4 is 10.1 Å². The van der Waals surface area contributed by atoms with Crippen molar-refractivity contribution >= 4 is 0 Å². The second-order valence-corrected chi connectivity index (χ2v) is 4.16. The van der Waals surface area contributed by atoms with Gasteiger partial charge in [-0.15, -0.1) is 0 Å². The van der Waals surface area contributed by atoms with Crippen molar-refractivity contribution in [1.29, 1.82) is 0 Å². The molecule has 0 amide bonds. The highest BCUT2D eigenvalue weighted by Gasteiger charge is 2.03. The first-order chi connectivity index (χ1) is 9.31. The van der Waals surface area contributed by atoms with Crippen LogP contribution in [0.5, 0.6) is 5.75 Å². The zero-order chi connectivity index (χ0) is 13.5. The van der Waals surface area contributed by atoms with Crippen LogP contribution >= 0.6 is 0 Å². The van der Waals surface area contributed by atoms with Crippen LogP contribution in [-0.2, 0) is 24.5 Å². The number of aromatic nitrogens is 1. The van der Waals surface area contributed by atoms with Crippen LogP contribution in [-0.4, -0.2) is 19.3 Å². The Balaban J connectivity index is 1.78. The Morgan fingerprint density at radius 2 is 2.00 bits per heavy atom. The van der Waals surface area contributed by atoms with Gasteiger partial charge in [0.25, 0.3) is 0 Å². The summed E-state index contributed by atoms with van der Waals surface area (Å²) in [6.07, 6.45) is 0. The van der Waals surface area contributed by atoms with Crippen molar-refractivity contribution in [2.45, 2.75) is 19.8 Å². The van der Waals surface area contributed by atoms with Crippen molar-refractivity contribution in [2.75, 3.05) is 14.2 Å². The third-order valence-corrected chi connectivity index (χ3v) is 2.64. The lowest BCUT2D eigenvalue weighted by molar-refractivity contribution is 0.0883. The molecule has 0 fully saturated rings. The molecule has 0 unspecified atom stereocenters. The van der Waals surface area contributed by atoms with Crippen LogP contribution in [0, 0.1) is 0 Å². The van der Waals surface area contributed by atoms with E-state index >= 15 is 0 Å². The molecule has 2 rings (SSSR count). The van der Waals surface area contributed by atoms with Crippen LogP contribution in [0.25, 0.3) is 0 Å². The van der Waals surface area contributed by atoms with Gasteiger partial charge < -0.3 is 19.3 Å². The van der Waals surface area contributed by atoms with E-state index < -0.39 is 0 Å². The van der Waals surface area contributed by atoms with Crippen LogP contribution in [0.2, 0.25) is 0 Å². The number of rotatable bonds is 7. The Labute approximate surface area is 112 Å². The molecule has 5 nitrogen and oxygen atoms in total. The molecule has 102 valence electrons. The van der Waals surface area contributed by atoms with Gasteiger partial charge in [0.05, 0.1) is 19.4 Å². The Morgan fingerprint density at radius 3 is 2.68 bits per heavy atom. The molecule has 0 atom stereocenters. The molecule has 0 aliphatic rings. The van der Waals surface area contributed by atoms with E-state index in [2.05, 4.69) is 10.5 Å². The molecule has 0 bridgehead atoms. The molecule has 1 aromatic carbocycles. The van der Waals surface area contributed by atoms with Gasteiger partial charge in [-0.3, -0.25) is 0 Å². The fourth-order valence-corrected chi connectivity index (χ4v) is 1.68. The number of nitrogens with one attached hydrogen (secondary N) is 1. The second-order valence-electron chi connectivity index (χ2n) is 4.16. The molecule has 1 aromatic heterocycles. The molecule has 0 aliphatic heterocycles. The smallest absolute Gasteiger partial charge is 0.162 e. The van der Waals surface area contributed by atoms with Crippen molar-refractivity contribution in [2.24, 2.45) is 0 Å². The first-order valence-corrected chi connectivity index (χ1v) is 6.11. The number of benzene rings is 1. The summed E-state index contributed by atoms with van der Waals surface area (Å²) in [5.74, 6) is 1.58. The molecule has 0 saturated heterocycles. The van der Waals surface area contributed by atoms with Crippen LogP contribution in [0.3, 0.4) is 0 Å². The van der Waals surface area contributed by atoms with Crippen molar-refractivity contribution in [3.05, 3.63) is 47.3 Å². The fourth-order valence-electron chi connectivity index (χ4n) is 1.68. The predicted octanol–water partition coefficient (Wildman–Crippen LogP) is 2.12. The van der Waals surface area contributed by atoms with E-state index in [1.54, 1.807) is 7.11 Å². The van der Waals surface area contributed by atoms with Gasteiger partial charge in [-0.05, 0) is 24.7 Å². The Morgan fingerprint density at radius 1 is 1.21 bits per heavy atom. The summed E-state index contributed by atoms with van der Waals surface area (Å²) >= 11 is 0. The topological polar surface area (TPSA) is 56.5 Å².